The summed E-state index contributed by atoms with van der Waals surface area (Å²) in [7, 11) is 3.37. The van der Waals surface area contributed by atoms with E-state index in [1.165, 1.54) is 18.9 Å². The molecule has 1 fully saturated rings. The average Bonchev–Trinajstić information content (AvgIpc) is 3.53. The predicted octanol–water partition coefficient (Wildman–Crippen LogP) is 4.80. The number of ether oxygens (including phenoxy) is 2. The predicted molar refractivity (Wildman–Crippen MR) is 116 cm³/mol. The van der Waals surface area contributed by atoms with Crippen molar-refractivity contribution >= 4 is 0 Å². The van der Waals surface area contributed by atoms with Gasteiger partial charge in [-0.2, -0.15) is 4.98 Å². The van der Waals surface area contributed by atoms with Crippen LogP contribution in [0.25, 0.3) is 11.4 Å². The number of halogens is 1. The first-order valence-electron chi connectivity index (χ1n) is 10.6. The van der Waals surface area contributed by atoms with E-state index >= 15 is 0 Å². The standard InChI is InChI=1S/C24H28FN3O3/c1-16-6-7-17(14-21(16)25)24-26-23(31-27-24)5-4-12-28(19-8-9-19)15-18-13-20(29-2)10-11-22(18)30-3/h6-7,10-11,13-14,19H,4-5,8-9,12,15H2,1-3H3. The van der Waals surface area contributed by atoms with Gasteiger partial charge in [0.1, 0.15) is 17.3 Å². The monoisotopic (exact) mass is 425 g/mol. The molecule has 1 heterocycles. The van der Waals surface area contributed by atoms with E-state index in [9.17, 15) is 4.39 Å². The molecule has 1 aliphatic carbocycles. The molecule has 0 atom stereocenters. The van der Waals surface area contributed by atoms with E-state index in [1.54, 1.807) is 27.2 Å². The molecule has 0 saturated heterocycles. The van der Waals surface area contributed by atoms with E-state index in [0.717, 1.165) is 36.6 Å². The van der Waals surface area contributed by atoms with Crippen molar-refractivity contribution in [2.75, 3.05) is 20.8 Å². The van der Waals surface area contributed by atoms with E-state index < -0.39 is 0 Å². The van der Waals surface area contributed by atoms with Crippen molar-refractivity contribution in [3.05, 3.63) is 59.2 Å². The van der Waals surface area contributed by atoms with E-state index in [-0.39, 0.29) is 5.82 Å². The highest BCUT2D eigenvalue weighted by Gasteiger charge is 2.29. The number of rotatable bonds is 10. The summed E-state index contributed by atoms with van der Waals surface area (Å²) in [4.78, 5) is 6.92. The highest BCUT2D eigenvalue weighted by Crippen LogP contribution is 2.32. The molecule has 31 heavy (non-hydrogen) atoms. The molecule has 0 aliphatic heterocycles. The number of nitrogens with zero attached hydrogens (tertiary/aromatic N) is 3. The van der Waals surface area contributed by atoms with Crippen LogP contribution in [0.4, 0.5) is 4.39 Å². The fourth-order valence-electron chi connectivity index (χ4n) is 3.69. The van der Waals surface area contributed by atoms with Gasteiger partial charge in [0.15, 0.2) is 0 Å². The summed E-state index contributed by atoms with van der Waals surface area (Å²) < 4.78 is 30.1. The molecule has 2 aromatic carbocycles. The Bertz CT molecular complexity index is 1030. The molecule has 4 rings (SSSR count). The van der Waals surface area contributed by atoms with E-state index in [1.807, 2.05) is 24.3 Å². The second-order valence-electron chi connectivity index (χ2n) is 7.96. The van der Waals surface area contributed by atoms with Crippen LogP contribution < -0.4 is 9.47 Å². The van der Waals surface area contributed by atoms with Crippen LogP contribution in [0.5, 0.6) is 11.5 Å². The molecule has 0 unspecified atom stereocenters. The van der Waals surface area contributed by atoms with Gasteiger partial charge < -0.3 is 14.0 Å². The second-order valence-corrected chi connectivity index (χ2v) is 7.96. The van der Waals surface area contributed by atoms with Crippen molar-refractivity contribution in [3.63, 3.8) is 0 Å². The van der Waals surface area contributed by atoms with Crippen LogP contribution in [0.1, 0.15) is 36.3 Å². The number of benzene rings is 2. The third-order valence-electron chi connectivity index (χ3n) is 5.66. The van der Waals surface area contributed by atoms with Crippen LogP contribution in [0.3, 0.4) is 0 Å². The molecular formula is C24H28FN3O3. The van der Waals surface area contributed by atoms with Crippen LogP contribution in [-0.4, -0.2) is 41.8 Å². The van der Waals surface area contributed by atoms with Crippen LogP contribution in [0.15, 0.2) is 40.9 Å². The molecule has 7 heteroatoms. The van der Waals surface area contributed by atoms with Gasteiger partial charge in [0.2, 0.25) is 11.7 Å². The summed E-state index contributed by atoms with van der Waals surface area (Å²) in [5, 5.41) is 4.02. The molecular weight excluding hydrogens is 397 g/mol. The van der Waals surface area contributed by atoms with Crippen LogP contribution in [0.2, 0.25) is 0 Å². The van der Waals surface area contributed by atoms with Crippen LogP contribution in [0, 0.1) is 12.7 Å². The lowest BCUT2D eigenvalue weighted by Gasteiger charge is -2.23. The van der Waals surface area contributed by atoms with Crippen LogP contribution in [-0.2, 0) is 13.0 Å². The minimum Gasteiger partial charge on any atom is -0.497 e. The van der Waals surface area contributed by atoms with Crippen molar-refractivity contribution < 1.29 is 18.4 Å². The zero-order valence-electron chi connectivity index (χ0n) is 18.2. The van der Waals surface area contributed by atoms with Gasteiger partial charge in [-0.3, -0.25) is 4.90 Å². The van der Waals surface area contributed by atoms with Crippen molar-refractivity contribution in [1.29, 1.82) is 0 Å². The van der Waals surface area contributed by atoms with Crippen molar-refractivity contribution in [2.24, 2.45) is 0 Å². The Kier molecular flexibility index (Phi) is 6.51. The summed E-state index contributed by atoms with van der Waals surface area (Å²) in [6, 6.07) is 11.5. The molecule has 1 aromatic heterocycles. The Labute approximate surface area is 182 Å². The number of hydrogen-bond acceptors (Lipinski definition) is 6. The smallest absolute Gasteiger partial charge is 0.227 e. The second kappa shape index (κ2) is 9.47. The zero-order valence-corrected chi connectivity index (χ0v) is 18.2. The first kappa shape index (κ1) is 21.3. The minimum absolute atomic E-state index is 0.267. The summed E-state index contributed by atoms with van der Waals surface area (Å²) in [6.45, 7) is 3.46. The van der Waals surface area contributed by atoms with Gasteiger partial charge in [0.05, 0.1) is 14.2 Å². The van der Waals surface area contributed by atoms with Gasteiger partial charge in [0.25, 0.3) is 0 Å². The minimum atomic E-state index is -0.267. The fourth-order valence-corrected chi connectivity index (χ4v) is 3.69. The van der Waals surface area contributed by atoms with Crippen LogP contribution >= 0.6 is 0 Å². The Morgan fingerprint density at radius 2 is 1.97 bits per heavy atom. The molecule has 0 bridgehead atoms. The Balaban J connectivity index is 1.37. The summed E-state index contributed by atoms with van der Waals surface area (Å²) in [6.07, 6.45) is 4.01. The molecule has 0 radical (unpaired) electrons. The SMILES string of the molecule is COc1ccc(OC)c(CN(CCCc2nc(-c3ccc(C)c(F)c3)no2)C2CC2)c1. The summed E-state index contributed by atoms with van der Waals surface area (Å²) in [5.74, 6) is 2.44. The highest BCUT2D eigenvalue weighted by molar-refractivity contribution is 5.54. The lowest BCUT2D eigenvalue weighted by Crippen LogP contribution is -2.27. The summed E-state index contributed by atoms with van der Waals surface area (Å²) >= 11 is 0. The van der Waals surface area contributed by atoms with Gasteiger partial charge in [-0.25, -0.2) is 4.39 Å². The van der Waals surface area contributed by atoms with Crippen molar-refractivity contribution in [2.45, 2.75) is 45.2 Å². The van der Waals surface area contributed by atoms with Crippen molar-refractivity contribution in [1.82, 2.24) is 15.0 Å². The van der Waals surface area contributed by atoms with Crippen molar-refractivity contribution in [3.8, 4) is 22.9 Å². The quantitative estimate of drug-likeness (QED) is 0.465. The van der Waals surface area contributed by atoms with Gasteiger partial charge in [-0.05, 0) is 62.6 Å². The zero-order chi connectivity index (χ0) is 21.8. The van der Waals surface area contributed by atoms with Gasteiger partial charge in [0, 0.05) is 30.1 Å². The summed E-state index contributed by atoms with van der Waals surface area (Å²) in [5.41, 5.74) is 2.35. The molecule has 1 aliphatic rings. The number of hydrogen-bond donors (Lipinski definition) is 0. The Morgan fingerprint density at radius 1 is 1.13 bits per heavy atom. The maximum absolute atomic E-state index is 13.8. The fraction of sp³-hybridized carbons (Fsp3) is 0.417. The molecule has 0 spiro atoms. The topological polar surface area (TPSA) is 60.6 Å². The average molecular weight is 426 g/mol. The van der Waals surface area contributed by atoms with E-state index in [2.05, 4.69) is 15.0 Å². The normalized spacial score (nSPS) is 13.6. The highest BCUT2D eigenvalue weighted by atomic mass is 19.1. The van der Waals surface area contributed by atoms with Gasteiger partial charge in [-0.1, -0.05) is 17.3 Å². The maximum atomic E-state index is 13.8. The third kappa shape index (κ3) is 5.22. The maximum Gasteiger partial charge on any atom is 0.227 e. The Hall–Kier alpha value is -2.93. The number of aryl methyl sites for hydroxylation is 2. The lowest BCUT2D eigenvalue weighted by molar-refractivity contribution is 0.243. The van der Waals surface area contributed by atoms with E-state index in [4.69, 9.17) is 14.0 Å². The molecule has 1 saturated carbocycles. The third-order valence-corrected chi connectivity index (χ3v) is 5.66. The Morgan fingerprint density at radius 3 is 2.68 bits per heavy atom. The van der Waals surface area contributed by atoms with Gasteiger partial charge in [-0.15, -0.1) is 0 Å². The van der Waals surface area contributed by atoms with E-state index in [0.29, 0.717) is 35.3 Å². The van der Waals surface area contributed by atoms with Gasteiger partial charge >= 0.3 is 0 Å². The largest absolute Gasteiger partial charge is 0.497 e. The molecule has 6 nitrogen and oxygen atoms in total. The molecule has 3 aromatic rings. The first-order chi connectivity index (χ1) is 15.1. The lowest BCUT2D eigenvalue weighted by atomic mass is 10.1. The first-order valence-corrected chi connectivity index (χ1v) is 10.6. The molecule has 0 amide bonds. The number of aromatic nitrogens is 2. The molecule has 164 valence electrons. The number of methoxy groups -OCH3 is 2. The molecule has 0 N–H and O–H groups in total.